The van der Waals surface area contributed by atoms with Crippen LogP contribution < -0.4 is 10.2 Å². The van der Waals surface area contributed by atoms with E-state index in [0.717, 1.165) is 48.8 Å². The van der Waals surface area contributed by atoms with Crippen LogP contribution in [0.15, 0.2) is 0 Å². The van der Waals surface area contributed by atoms with Crippen LogP contribution in [0.1, 0.15) is 51.9 Å². The molecule has 1 rings (SSSR count). The van der Waals surface area contributed by atoms with Crippen molar-refractivity contribution in [3.8, 4) is 0 Å². The molecule has 0 spiro atoms. The third-order valence-corrected chi connectivity index (χ3v) is 3.61. The lowest BCUT2D eigenvalue weighted by Gasteiger charge is -2.27. The van der Waals surface area contributed by atoms with Crippen molar-refractivity contribution < 1.29 is 0 Å². The Morgan fingerprint density at radius 2 is 1.89 bits per heavy atom. The molecule has 4 nitrogen and oxygen atoms in total. The summed E-state index contributed by atoms with van der Waals surface area (Å²) < 4.78 is 0. The van der Waals surface area contributed by atoms with Crippen LogP contribution in [0.2, 0.25) is 0 Å². The van der Waals surface area contributed by atoms with Crippen LogP contribution in [0, 0.1) is 6.92 Å². The molecule has 0 fully saturated rings. The zero-order valence-corrected chi connectivity index (χ0v) is 13.2. The van der Waals surface area contributed by atoms with E-state index < -0.39 is 0 Å². The Labute approximate surface area is 117 Å². The topological polar surface area (TPSA) is 41.1 Å². The molecule has 0 saturated carbocycles. The number of hydrogen-bond donors (Lipinski definition) is 1. The largest absolute Gasteiger partial charge is 0.370 e. The normalized spacial score (nSPS) is 12.3. The van der Waals surface area contributed by atoms with Gasteiger partial charge in [0, 0.05) is 31.6 Å². The van der Waals surface area contributed by atoms with Gasteiger partial charge in [-0.2, -0.15) is 0 Å². The molecule has 0 aromatic carbocycles. The monoisotopic (exact) mass is 264 g/mol. The first kappa shape index (κ1) is 15.7. The van der Waals surface area contributed by atoms with Crippen LogP contribution in [0.4, 0.5) is 11.6 Å². The molecule has 1 N–H and O–H groups in total. The average Bonchev–Trinajstić information content (AvgIpc) is 2.44. The van der Waals surface area contributed by atoms with E-state index in [0.29, 0.717) is 6.04 Å². The lowest BCUT2D eigenvalue weighted by atomic mass is 10.2. The summed E-state index contributed by atoms with van der Waals surface area (Å²) in [5.74, 6) is 2.95. The quantitative estimate of drug-likeness (QED) is 0.819. The lowest BCUT2D eigenvalue weighted by molar-refractivity contribution is 0.652. The van der Waals surface area contributed by atoms with Gasteiger partial charge >= 0.3 is 0 Å². The van der Waals surface area contributed by atoms with Crippen LogP contribution in [0.5, 0.6) is 0 Å². The molecule has 1 atom stereocenters. The van der Waals surface area contributed by atoms with Gasteiger partial charge in [0.15, 0.2) is 0 Å². The summed E-state index contributed by atoms with van der Waals surface area (Å²) in [6.07, 6.45) is 3.07. The number of anilines is 2. The summed E-state index contributed by atoms with van der Waals surface area (Å²) in [5, 5.41) is 3.41. The number of nitrogens with zero attached hydrogens (tertiary/aromatic N) is 3. The minimum Gasteiger partial charge on any atom is -0.370 e. The van der Waals surface area contributed by atoms with Crippen molar-refractivity contribution in [3.05, 3.63) is 11.4 Å². The lowest BCUT2D eigenvalue weighted by Crippen LogP contribution is -2.30. The minimum absolute atomic E-state index is 0.484. The van der Waals surface area contributed by atoms with Gasteiger partial charge in [0.2, 0.25) is 0 Å². The Kier molecular flexibility index (Phi) is 6.06. The molecule has 0 radical (unpaired) electrons. The maximum Gasteiger partial charge on any atom is 0.137 e. The molecule has 108 valence electrons. The highest BCUT2D eigenvalue weighted by molar-refractivity contribution is 5.58. The molecular weight excluding hydrogens is 236 g/mol. The zero-order chi connectivity index (χ0) is 14.4. The van der Waals surface area contributed by atoms with Gasteiger partial charge in [-0.3, -0.25) is 0 Å². The minimum atomic E-state index is 0.484. The van der Waals surface area contributed by atoms with Crippen molar-refractivity contribution in [1.82, 2.24) is 9.97 Å². The van der Waals surface area contributed by atoms with Crippen molar-refractivity contribution in [3.63, 3.8) is 0 Å². The molecule has 4 heteroatoms. The van der Waals surface area contributed by atoms with Crippen LogP contribution in [-0.4, -0.2) is 29.6 Å². The Morgan fingerprint density at radius 3 is 2.42 bits per heavy atom. The molecular formula is C15H28N4. The number of aryl methyl sites for hydroxylation is 1. The van der Waals surface area contributed by atoms with E-state index in [1.54, 1.807) is 0 Å². The summed E-state index contributed by atoms with van der Waals surface area (Å²) in [6.45, 7) is 11.7. The van der Waals surface area contributed by atoms with Gasteiger partial charge in [0.25, 0.3) is 0 Å². The Morgan fingerprint density at radius 1 is 1.21 bits per heavy atom. The van der Waals surface area contributed by atoms with Crippen LogP contribution in [0.25, 0.3) is 0 Å². The van der Waals surface area contributed by atoms with Crippen molar-refractivity contribution >= 4 is 11.6 Å². The fraction of sp³-hybridized carbons (Fsp3) is 0.733. The fourth-order valence-electron chi connectivity index (χ4n) is 1.95. The van der Waals surface area contributed by atoms with Gasteiger partial charge in [0.05, 0.1) is 0 Å². The second kappa shape index (κ2) is 7.31. The Hall–Kier alpha value is -1.32. The molecule has 1 unspecified atom stereocenters. The molecule has 19 heavy (non-hydrogen) atoms. The van der Waals surface area contributed by atoms with Gasteiger partial charge in [0.1, 0.15) is 17.5 Å². The number of aromatic nitrogens is 2. The molecule has 0 saturated heterocycles. The van der Waals surface area contributed by atoms with E-state index in [9.17, 15) is 0 Å². The third kappa shape index (κ3) is 3.82. The predicted molar refractivity (Wildman–Crippen MR) is 83.1 cm³/mol. The van der Waals surface area contributed by atoms with E-state index >= 15 is 0 Å². The standard InChI is InChI=1S/C15H28N4/c1-7-10-16-14-12(5)15(18-13(9-3)17-14)19(6)11(4)8-2/h11H,7-10H2,1-6H3,(H,16,17,18). The number of nitrogens with one attached hydrogen (secondary N) is 1. The third-order valence-electron chi connectivity index (χ3n) is 3.61. The maximum atomic E-state index is 4.70. The van der Waals surface area contributed by atoms with E-state index in [2.05, 4.69) is 56.9 Å². The molecule has 1 aromatic rings. The first-order valence-corrected chi connectivity index (χ1v) is 7.39. The maximum absolute atomic E-state index is 4.70. The summed E-state index contributed by atoms with van der Waals surface area (Å²) in [4.78, 5) is 11.6. The molecule has 0 amide bonds. The second-order valence-corrected chi connectivity index (χ2v) is 5.09. The molecule has 1 aromatic heterocycles. The number of hydrogen-bond acceptors (Lipinski definition) is 4. The highest BCUT2D eigenvalue weighted by Gasteiger charge is 2.16. The van der Waals surface area contributed by atoms with E-state index in [4.69, 9.17) is 4.98 Å². The zero-order valence-electron chi connectivity index (χ0n) is 13.2. The van der Waals surface area contributed by atoms with Crippen molar-refractivity contribution in [2.24, 2.45) is 0 Å². The molecule has 0 aliphatic heterocycles. The van der Waals surface area contributed by atoms with Gasteiger partial charge in [-0.05, 0) is 26.7 Å². The van der Waals surface area contributed by atoms with Crippen LogP contribution in [-0.2, 0) is 6.42 Å². The summed E-state index contributed by atoms with van der Waals surface area (Å²) in [5.41, 5.74) is 1.15. The Balaban J connectivity index is 3.14. The van der Waals surface area contributed by atoms with Gasteiger partial charge < -0.3 is 10.2 Å². The van der Waals surface area contributed by atoms with Gasteiger partial charge in [-0.25, -0.2) is 9.97 Å². The summed E-state index contributed by atoms with van der Waals surface area (Å²) >= 11 is 0. The van der Waals surface area contributed by atoms with Crippen molar-refractivity contribution in [2.45, 2.75) is 59.9 Å². The molecule has 0 aliphatic carbocycles. The highest BCUT2D eigenvalue weighted by atomic mass is 15.2. The Bertz CT molecular complexity index is 403. The van der Waals surface area contributed by atoms with E-state index in [1.165, 1.54) is 0 Å². The van der Waals surface area contributed by atoms with Crippen LogP contribution in [0.3, 0.4) is 0 Å². The van der Waals surface area contributed by atoms with Crippen LogP contribution >= 0.6 is 0 Å². The van der Waals surface area contributed by atoms with Crippen molar-refractivity contribution in [1.29, 1.82) is 0 Å². The van der Waals surface area contributed by atoms with Gasteiger partial charge in [-0.1, -0.05) is 20.8 Å². The first-order chi connectivity index (χ1) is 9.04. The average molecular weight is 264 g/mol. The van der Waals surface area contributed by atoms with E-state index in [1.807, 2.05) is 0 Å². The van der Waals surface area contributed by atoms with Gasteiger partial charge in [-0.15, -0.1) is 0 Å². The second-order valence-electron chi connectivity index (χ2n) is 5.09. The van der Waals surface area contributed by atoms with Crippen molar-refractivity contribution in [2.75, 3.05) is 23.8 Å². The molecule has 1 heterocycles. The number of rotatable bonds is 7. The molecule has 0 bridgehead atoms. The summed E-state index contributed by atoms with van der Waals surface area (Å²) in [6, 6.07) is 0.484. The first-order valence-electron chi connectivity index (χ1n) is 7.39. The summed E-state index contributed by atoms with van der Waals surface area (Å²) in [7, 11) is 2.12. The highest BCUT2D eigenvalue weighted by Crippen LogP contribution is 2.25. The predicted octanol–water partition coefficient (Wildman–Crippen LogP) is 3.40. The smallest absolute Gasteiger partial charge is 0.137 e. The SMILES string of the molecule is CCCNc1nc(CC)nc(N(C)C(C)CC)c1C. The molecule has 0 aliphatic rings. The van der Waals surface area contributed by atoms with E-state index in [-0.39, 0.29) is 0 Å². The fourth-order valence-corrected chi connectivity index (χ4v) is 1.95.